The largest absolute Gasteiger partial charge is 0.366 e. The smallest absolute Gasteiger partial charge is 0.240 e. The lowest BCUT2D eigenvalue weighted by Crippen LogP contribution is -2.38. The van der Waals surface area contributed by atoms with Gasteiger partial charge in [-0.3, -0.25) is 4.79 Å². The van der Waals surface area contributed by atoms with Crippen molar-refractivity contribution >= 4 is 17.3 Å². The third-order valence-corrected chi connectivity index (χ3v) is 5.38. The van der Waals surface area contributed by atoms with Gasteiger partial charge < -0.3 is 15.5 Å². The summed E-state index contributed by atoms with van der Waals surface area (Å²) in [6.07, 6.45) is 0. The molecule has 0 saturated carbocycles. The lowest BCUT2D eigenvalue weighted by Gasteiger charge is -2.23. The summed E-state index contributed by atoms with van der Waals surface area (Å²) in [6.45, 7) is 8.39. The second-order valence-electron chi connectivity index (χ2n) is 7.94. The zero-order valence-corrected chi connectivity index (χ0v) is 17.2. The Morgan fingerprint density at radius 3 is 2.72 bits per heavy atom. The fourth-order valence-electron chi connectivity index (χ4n) is 3.66. The molecule has 148 valence electrons. The molecule has 2 aromatic rings. The molecule has 1 aliphatic rings. The van der Waals surface area contributed by atoms with Crippen LogP contribution in [0.2, 0.25) is 0 Å². The molecule has 0 spiro atoms. The molecule has 0 bridgehead atoms. The normalized spacial score (nSPS) is 13.7. The summed E-state index contributed by atoms with van der Waals surface area (Å²) in [4.78, 5) is 14.5. The summed E-state index contributed by atoms with van der Waals surface area (Å²) in [5.41, 5.74) is 4.67. The van der Waals surface area contributed by atoms with E-state index >= 15 is 0 Å². The SMILES string of the molecule is Cc1cc(C(C)(C)C#N)ccc1C(C)NC(=O)CN1CNc2cccc(C#N)c21. The lowest BCUT2D eigenvalue weighted by atomic mass is 9.84. The van der Waals surface area contributed by atoms with Crippen LogP contribution < -0.4 is 15.5 Å². The average molecular weight is 387 g/mol. The van der Waals surface area contributed by atoms with Crippen molar-refractivity contribution in [2.24, 2.45) is 0 Å². The highest BCUT2D eigenvalue weighted by molar-refractivity contribution is 5.87. The molecular weight excluding hydrogens is 362 g/mol. The van der Waals surface area contributed by atoms with Crippen LogP contribution in [0.25, 0.3) is 0 Å². The Balaban J connectivity index is 1.70. The number of carbonyl (C=O) groups is 1. The number of benzene rings is 2. The highest BCUT2D eigenvalue weighted by Gasteiger charge is 2.25. The second kappa shape index (κ2) is 7.85. The van der Waals surface area contributed by atoms with Crippen molar-refractivity contribution < 1.29 is 4.79 Å². The Morgan fingerprint density at radius 1 is 1.31 bits per heavy atom. The van der Waals surface area contributed by atoms with Gasteiger partial charge in [-0.05, 0) is 56.5 Å². The van der Waals surface area contributed by atoms with E-state index in [1.165, 1.54) is 0 Å². The number of para-hydroxylation sites is 1. The van der Waals surface area contributed by atoms with E-state index in [4.69, 9.17) is 0 Å². The van der Waals surface area contributed by atoms with Crippen molar-refractivity contribution in [1.82, 2.24) is 5.32 Å². The number of rotatable bonds is 5. The molecular formula is C23H25N5O. The Kier molecular flexibility index (Phi) is 5.48. The zero-order chi connectivity index (χ0) is 21.2. The van der Waals surface area contributed by atoms with E-state index in [0.29, 0.717) is 12.2 Å². The van der Waals surface area contributed by atoms with E-state index in [2.05, 4.69) is 22.8 Å². The maximum Gasteiger partial charge on any atom is 0.240 e. The van der Waals surface area contributed by atoms with Gasteiger partial charge in [0.25, 0.3) is 0 Å². The van der Waals surface area contributed by atoms with Crippen LogP contribution in [0.1, 0.15) is 49.1 Å². The van der Waals surface area contributed by atoms with E-state index in [9.17, 15) is 15.3 Å². The van der Waals surface area contributed by atoms with E-state index in [0.717, 1.165) is 28.1 Å². The fraction of sp³-hybridized carbons (Fsp3) is 0.348. The Bertz CT molecular complexity index is 1030. The van der Waals surface area contributed by atoms with Crippen LogP contribution in [0.3, 0.4) is 0 Å². The molecule has 3 rings (SSSR count). The molecule has 6 heteroatoms. The Labute approximate surface area is 171 Å². The number of aryl methyl sites for hydroxylation is 1. The van der Waals surface area contributed by atoms with Crippen molar-refractivity contribution in [3.8, 4) is 12.1 Å². The number of amides is 1. The third-order valence-electron chi connectivity index (χ3n) is 5.38. The van der Waals surface area contributed by atoms with Gasteiger partial charge in [-0.15, -0.1) is 0 Å². The molecule has 0 aliphatic carbocycles. The van der Waals surface area contributed by atoms with Gasteiger partial charge in [0.15, 0.2) is 0 Å². The number of carbonyl (C=O) groups excluding carboxylic acids is 1. The minimum absolute atomic E-state index is 0.110. The third kappa shape index (κ3) is 4.02. The number of nitrogens with one attached hydrogen (secondary N) is 2. The first-order valence-corrected chi connectivity index (χ1v) is 9.60. The summed E-state index contributed by atoms with van der Waals surface area (Å²) < 4.78 is 0. The molecule has 2 aromatic carbocycles. The van der Waals surface area contributed by atoms with Gasteiger partial charge in [-0.25, -0.2) is 0 Å². The molecule has 1 unspecified atom stereocenters. The molecule has 0 radical (unpaired) electrons. The van der Waals surface area contributed by atoms with Crippen LogP contribution >= 0.6 is 0 Å². The molecule has 1 amide bonds. The monoisotopic (exact) mass is 387 g/mol. The highest BCUT2D eigenvalue weighted by Crippen LogP contribution is 2.34. The molecule has 2 N–H and O–H groups in total. The average Bonchev–Trinajstić information content (AvgIpc) is 3.10. The van der Waals surface area contributed by atoms with Gasteiger partial charge in [-0.2, -0.15) is 10.5 Å². The van der Waals surface area contributed by atoms with E-state index in [-0.39, 0.29) is 18.5 Å². The number of fused-ring (bicyclic) bond motifs is 1. The molecule has 0 fully saturated rings. The van der Waals surface area contributed by atoms with Crippen LogP contribution in [-0.2, 0) is 10.2 Å². The van der Waals surface area contributed by atoms with E-state index < -0.39 is 5.41 Å². The van der Waals surface area contributed by atoms with E-state index in [1.807, 2.05) is 62.9 Å². The maximum absolute atomic E-state index is 12.7. The minimum Gasteiger partial charge on any atom is -0.366 e. The summed E-state index contributed by atoms with van der Waals surface area (Å²) in [5, 5.41) is 25.0. The zero-order valence-electron chi connectivity index (χ0n) is 17.2. The van der Waals surface area contributed by atoms with Gasteiger partial charge in [0, 0.05) is 0 Å². The minimum atomic E-state index is -0.551. The van der Waals surface area contributed by atoms with Crippen molar-refractivity contribution in [2.75, 3.05) is 23.4 Å². The summed E-state index contributed by atoms with van der Waals surface area (Å²) >= 11 is 0. The first-order chi connectivity index (χ1) is 13.8. The van der Waals surface area contributed by atoms with E-state index in [1.54, 1.807) is 6.07 Å². The van der Waals surface area contributed by atoms with Crippen LogP contribution in [0.5, 0.6) is 0 Å². The number of hydrogen-bond acceptors (Lipinski definition) is 5. The Hall–Kier alpha value is -3.51. The molecule has 1 aliphatic heterocycles. The van der Waals surface area contributed by atoms with Gasteiger partial charge in [0.2, 0.25) is 5.91 Å². The van der Waals surface area contributed by atoms with Gasteiger partial charge in [0.05, 0.1) is 47.7 Å². The van der Waals surface area contributed by atoms with Gasteiger partial charge in [-0.1, -0.05) is 24.3 Å². The first-order valence-electron chi connectivity index (χ1n) is 9.60. The molecule has 29 heavy (non-hydrogen) atoms. The predicted octanol–water partition coefficient (Wildman–Crippen LogP) is 3.73. The van der Waals surface area contributed by atoms with Crippen LogP contribution in [0.4, 0.5) is 11.4 Å². The number of nitrogens with zero attached hydrogens (tertiary/aromatic N) is 3. The highest BCUT2D eigenvalue weighted by atomic mass is 16.2. The van der Waals surface area contributed by atoms with Crippen LogP contribution in [0.15, 0.2) is 36.4 Å². The van der Waals surface area contributed by atoms with Crippen LogP contribution in [-0.4, -0.2) is 19.1 Å². The molecule has 0 saturated heterocycles. The molecule has 1 atom stereocenters. The van der Waals surface area contributed by atoms with Crippen molar-refractivity contribution in [3.05, 3.63) is 58.7 Å². The molecule has 0 aromatic heterocycles. The summed E-state index contributed by atoms with van der Waals surface area (Å²) in [5.74, 6) is -0.110. The lowest BCUT2D eigenvalue weighted by molar-refractivity contribution is -0.120. The standard InChI is InChI=1S/C23H25N5O/c1-15-10-18(23(3,4)13-25)8-9-19(15)16(2)27-21(29)12-28-14-26-20-7-5-6-17(11-24)22(20)28/h5-10,16,26H,12,14H2,1-4H3,(H,27,29). The van der Waals surface area contributed by atoms with Crippen LogP contribution in [0, 0.1) is 29.6 Å². The van der Waals surface area contributed by atoms with Gasteiger partial charge in [0.1, 0.15) is 6.07 Å². The van der Waals surface area contributed by atoms with Crippen molar-refractivity contribution in [1.29, 1.82) is 10.5 Å². The number of hydrogen-bond donors (Lipinski definition) is 2. The summed E-state index contributed by atoms with van der Waals surface area (Å²) in [6, 6.07) is 15.8. The quantitative estimate of drug-likeness (QED) is 0.815. The Morgan fingerprint density at radius 2 is 2.07 bits per heavy atom. The first kappa shape index (κ1) is 20.2. The second-order valence-corrected chi connectivity index (χ2v) is 7.94. The molecule has 6 nitrogen and oxygen atoms in total. The predicted molar refractivity (Wildman–Crippen MR) is 113 cm³/mol. The summed E-state index contributed by atoms with van der Waals surface area (Å²) in [7, 11) is 0. The topological polar surface area (TPSA) is 91.9 Å². The van der Waals surface area contributed by atoms with Crippen molar-refractivity contribution in [2.45, 2.75) is 39.2 Å². The number of nitriles is 2. The van der Waals surface area contributed by atoms with Gasteiger partial charge >= 0.3 is 0 Å². The maximum atomic E-state index is 12.7. The van der Waals surface area contributed by atoms with Crippen molar-refractivity contribution in [3.63, 3.8) is 0 Å². The number of anilines is 2. The fourth-order valence-corrected chi connectivity index (χ4v) is 3.66. The molecule has 1 heterocycles.